The van der Waals surface area contributed by atoms with E-state index in [1.54, 1.807) is 0 Å². The highest BCUT2D eigenvalue weighted by Gasteiger charge is 2.14. The van der Waals surface area contributed by atoms with Crippen molar-refractivity contribution in [1.29, 1.82) is 0 Å². The molecule has 0 amide bonds. The molecule has 20 heavy (non-hydrogen) atoms. The number of aromatic nitrogens is 1. The molecule has 2 aliphatic rings. The first-order chi connectivity index (χ1) is 9.83. The van der Waals surface area contributed by atoms with Gasteiger partial charge in [0.25, 0.3) is 0 Å². The van der Waals surface area contributed by atoms with Crippen molar-refractivity contribution in [1.82, 2.24) is 15.2 Å². The summed E-state index contributed by atoms with van der Waals surface area (Å²) in [5.74, 6) is 2.02. The minimum Gasteiger partial charge on any atom is -0.378 e. The molecule has 1 aromatic heterocycles. The highest BCUT2D eigenvalue weighted by molar-refractivity contribution is 5.81. The molecule has 0 spiro atoms. The summed E-state index contributed by atoms with van der Waals surface area (Å²) in [6.45, 7) is 6.06. The third-order valence-corrected chi connectivity index (χ3v) is 3.65. The molecule has 3 heterocycles. The van der Waals surface area contributed by atoms with Gasteiger partial charge in [0, 0.05) is 39.4 Å². The van der Waals surface area contributed by atoms with Crippen molar-refractivity contribution in [2.24, 2.45) is 4.99 Å². The van der Waals surface area contributed by atoms with E-state index in [0.717, 1.165) is 57.7 Å². The van der Waals surface area contributed by atoms with Crippen LogP contribution in [0.4, 0.5) is 5.82 Å². The lowest BCUT2D eigenvalue weighted by Crippen LogP contribution is -2.37. The van der Waals surface area contributed by atoms with Crippen molar-refractivity contribution in [2.75, 3.05) is 51.3 Å². The molecule has 6 nitrogen and oxygen atoms in total. The smallest absolute Gasteiger partial charge is 0.194 e. The van der Waals surface area contributed by atoms with Crippen molar-refractivity contribution in [2.45, 2.75) is 6.54 Å². The minimum absolute atomic E-state index is 0.781. The average molecular weight is 275 g/mol. The van der Waals surface area contributed by atoms with Gasteiger partial charge in [-0.05, 0) is 17.7 Å². The molecule has 0 aromatic carbocycles. The number of nitrogens with one attached hydrogen (secondary N) is 1. The van der Waals surface area contributed by atoms with Gasteiger partial charge in [0.1, 0.15) is 5.82 Å². The predicted octanol–water partition coefficient (Wildman–Crippen LogP) is 0.309. The number of hydrogen-bond donors (Lipinski definition) is 1. The first kappa shape index (κ1) is 13.2. The lowest BCUT2D eigenvalue weighted by Gasteiger charge is -2.28. The summed E-state index contributed by atoms with van der Waals surface area (Å²) in [6.07, 6.45) is 1.88. The number of pyridine rings is 1. The van der Waals surface area contributed by atoms with Gasteiger partial charge in [-0.25, -0.2) is 4.98 Å². The SMILES string of the molecule is CN1CCN=C1NCc1ccnc(N2CCOCC2)c1. The zero-order chi connectivity index (χ0) is 13.8. The van der Waals surface area contributed by atoms with E-state index in [2.05, 4.69) is 38.2 Å². The average Bonchev–Trinajstić information content (AvgIpc) is 2.92. The van der Waals surface area contributed by atoms with E-state index in [-0.39, 0.29) is 0 Å². The van der Waals surface area contributed by atoms with Crippen LogP contribution >= 0.6 is 0 Å². The van der Waals surface area contributed by atoms with E-state index in [1.165, 1.54) is 5.56 Å². The molecule has 0 atom stereocenters. The Balaban J connectivity index is 1.62. The summed E-state index contributed by atoms with van der Waals surface area (Å²) >= 11 is 0. The van der Waals surface area contributed by atoms with E-state index in [0.29, 0.717) is 0 Å². The number of hydrogen-bond acceptors (Lipinski definition) is 6. The molecule has 108 valence electrons. The molecule has 1 saturated heterocycles. The molecule has 0 unspecified atom stereocenters. The highest BCUT2D eigenvalue weighted by Crippen LogP contribution is 2.14. The monoisotopic (exact) mass is 275 g/mol. The largest absolute Gasteiger partial charge is 0.378 e. The summed E-state index contributed by atoms with van der Waals surface area (Å²) in [4.78, 5) is 13.3. The summed E-state index contributed by atoms with van der Waals surface area (Å²) in [5.41, 5.74) is 1.23. The van der Waals surface area contributed by atoms with Crippen molar-refractivity contribution >= 4 is 11.8 Å². The van der Waals surface area contributed by atoms with Crippen molar-refractivity contribution in [3.63, 3.8) is 0 Å². The fourth-order valence-electron chi connectivity index (χ4n) is 2.44. The Labute approximate surface area is 119 Å². The highest BCUT2D eigenvalue weighted by atomic mass is 16.5. The number of aliphatic imine (C=N–C) groups is 1. The topological polar surface area (TPSA) is 53.0 Å². The number of rotatable bonds is 3. The first-order valence-corrected chi connectivity index (χ1v) is 7.10. The van der Waals surface area contributed by atoms with Crippen LogP contribution in [0, 0.1) is 0 Å². The summed E-state index contributed by atoms with van der Waals surface area (Å²) in [5, 5.41) is 3.38. The lowest BCUT2D eigenvalue weighted by atomic mass is 10.2. The fraction of sp³-hybridized carbons (Fsp3) is 0.571. The van der Waals surface area contributed by atoms with Crippen LogP contribution in [-0.4, -0.2) is 62.3 Å². The molecule has 3 rings (SSSR count). The predicted molar refractivity (Wildman–Crippen MR) is 79.0 cm³/mol. The zero-order valence-electron chi connectivity index (χ0n) is 11.9. The number of nitrogens with zero attached hydrogens (tertiary/aromatic N) is 4. The maximum atomic E-state index is 5.38. The summed E-state index contributed by atoms with van der Waals surface area (Å²) in [7, 11) is 2.06. The van der Waals surface area contributed by atoms with Crippen molar-refractivity contribution < 1.29 is 4.74 Å². The van der Waals surface area contributed by atoms with Gasteiger partial charge in [-0.3, -0.25) is 4.99 Å². The Morgan fingerprint density at radius 1 is 1.30 bits per heavy atom. The maximum Gasteiger partial charge on any atom is 0.194 e. The molecular formula is C14H21N5O. The molecule has 1 aromatic rings. The second kappa shape index (κ2) is 6.09. The van der Waals surface area contributed by atoms with E-state index < -0.39 is 0 Å². The van der Waals surface area contributed by atoms with E-state index in [9.17, 15) is 0 Å². The molecule has 0 saturated carbocycles. The number of likely N-dealkylation sites (N-methyl/N-ethyl adjacent to an activating group) is 1. The Bertz CT molecular complexity index is 484. The molecule has 1 N–H and O–H groups in total. The molecule has 1 fully saturated rings. The molecule has 6 heteroatoms. The summed E-state index contributed by atoms with van der Waals surface area (Å²) < 4.78 is 5.38. The van der Waals surface area contributed by atoms with E-state index in [4.69, 9.17) is 4.74 Å². The van der Waals surface area contributed by atoms with Gasteiger partial charge >= 0.3 is 0 Å². The number of anilines is 1. The van der Waals surface area contributed by atoms with Gasteiger partial charge in [-0.2, -0.15) is 0 Å². The second-order valence-corrected chi connectivity index (χ2v) is 5.10. The van der Waals surface area contributed by atoms with Crippen LogP contribution in [0.2, 0.25) is 0 Å². The van der Waals surface area contributed by atoms with Crippen LogP contribution in [0.15, 0.2) is 23.3 Å². The lowest BCUT2D eigenvalue weighted by molar-refractivity contribution is 0.122. The van der Waals surface area contributed by atoms with Crippen LogP contribution < -0.4 is 10.2 Å². The van der Waals surface area contributed by atoms with Crippen LogP contribution in [0.5, 0.6) is 0 Å². The Hall–Kier alpha value is -1.82. The number of guanidine groups is 1. The Morgan fingerprint density at radius 2 is 2.15 bits per heavy atom. The molecule has 0 bridgehead atoms. The Morgan fingerprint density at radius 3 is 2.90 bits per heavy atom. The molecule has 2 aliphatic heterocycles. The first-order valence-electron chi connectivity index (χ1n) is 7.10. The fourth-order valence-corrected chi connectivity index (χ4v) is 2.44. The molecule has 0 aliphatic carbocycles. The van der Waals surface area contributed by atoms with Crippen LogP contribution in [0.3, 0.4) is 0 Å². The van der Waals surface area contributed by atoms with Crippen molar-refractivity contribution in [3.05, 3.63) is 23.9 Å². The van der Waals surface area contributed by atoms with Crippen LogP contribution in [0.25, 0.3) is 0 Å². The third kappa shape index (κ3) is 3.01. The van der Waals surface area contributed by atoms with Crippen LogP contribution in [0.1, 0.15) is 5.56 Å². The van der Waals surface area contributed by atoms with E-state index >= 15 is 0 Å². The maximum absolute atomic E-state index is 5.38. The van der Waals surface area contributed by atoms with Gasteiger partial charge in [-0.15, -0.1) is 0 Å². The second-order valence-electron chi connectivity index (χ2n) is 5.10. The van der Waals surface area contributed by atoms with Gasteiger partial charge in [-0.1, -0.05) is 0 Å². The Kier molecular flexibility index (Phi) is 4.01. The van der Waals surface area contributed by atoms with Crippen molar-refractivity contribution in [3.8, 4) is 0 Å². The third-order valence-electron chi connectivity index (χ3n) is 3.65. The molecule has 0 radical (unpaired) electrons. The standard InChI is InChI=1S/C14H21N5O/c1-18-5-4-16-14(18)17-11-12-2-3-15-13(10-12)19-6-8-20-9-7-19/h2-3,10H,4-9,11H2,1H3,(H,16,17). The number of ether oxygens (including phenoxy) is 1. The normalized spacial score (nSPS) is 19.1. The molecular weight excluding hydrogens is 254 g/mol. The van der Waals surface area contributed by atoms with Crippen LogP contribution in [-0.2, 0) is 11.3 Å². The minimum atomic E-state index is 0.781. The van der Waals surface area contributed by atoms with Gasteiger partial charge in [0.05, 0.1) is 19.8 Å². The quantitative estimate of drug-likeness (QED) is 0.860. The summed E-state index contributed by atoms with van der Waals surface area (Å²) in [6, 6.07) is 4.19. The van der Waals surface area contributed by atoms with Gasteiger partial charge < -0.3 is 19.9 Å². The van der Waals surface area contributed by atoms with E-state index in [1.807, 2.05) is 12.3 Å². The van der Waals surface area contributed by atoms with Gasteiger partial charge in [0.15, 0.2) is 5.96 Å². The van der Waals surface area contributed by atoms with Gasteiger partial charge in [0.2, 0.25) is 0 Å². The zero-order valence-corrected chi connectivity index (χ0v) is 11.9. The number of morpholine rings is 1.